The average molecular weight is 361 g/mol. The van der Waals surface area contributed by atoms with Gasteiger partial charge in [-0.1, -0.05) is 32.0 Å². The van der Waals surface area contributed by atoms with E-state index in [0.717, 1.165) is 38.1 Å². The van der Waals surface area contributed by atoms with Crippen molar-refractivity contribution in [1.82, 2.24) is 10.2 Å². The standard InChI is InChI=1S/C20H31N3O3/c1-14(2)19(21)20(25)22-13-18(24)23-10-8-15(9-11-23)12-16-6-4-5-7-17(16)26-3/h4-7,14-15,19H,8-13,21H2,1-3H3,(H,22,25)/t19-/m0/s1. The first-order chi connectivity index (χ1) is 12.4. The third-order valence-electron chi connectivity index (χ3n) is 5.10. The molecule has 1 atom stereocenters. The van der Waals surface area contributed by atoms with Crippen LogP contribution in [0.4, 0.5) is 0 Å². The van der Waals surface area contributed by atoms with Crippen molar-refractivity contribution >= 4 is 11.8 Å². The van der Waals surface area contributed by atoms with Crippen molar-refractivity contribution in [1.29, 1.82) is 0 Å². The number of nitrogens with two attached hydrogens (primary N) is 1. The number of carbonyl (C=O) groups is 2. The summed E-state index contributed by atoms with van der Waals surface area (Å²) in [7, 11) is 1.69. The highest BCUT2D eigenvalue weighted by Gasteiger charge is 2.24. The highest BCUT2D eigenvalue weighted by Crippen LogP contribution is 2.26. The molecule has 0 bridgehead atoms. The Kier molecular flexibility index (Phi) is 7.45. The van der Waals surface area contributed by atoms with E-state index in [9.17, 15) is 9.59 Å². The van der Waals surface area contributed by atoms with Gasteiger partial charge in [-0.05, 0) is 42.7 Å². The van der Waals surface area contributed by atoms with Crippen LogP contribution in [0, 0.1) is 11.8 Å². The maximum Gasteiger partial charge on any atom is 0.241 e. The summed E-state index contributed by atoms with van der Waals surface area (Å²) in [5, 5.41) is 2.66. The van der Waals surface area contributed by atoms with E-state index in [2.05, 4.69) is 11.4 Å². The minimum atomic E-state index is -0.575. The van der Waals surface area contributed by atoms with Gasteiger partial charge in [0.05, 0.1) is 19.7 Å². The van der Waals surface area contributed by atoms with Gasteiger partial charge in [-0.15, -0.1) is 0 Å². The quantitative estimate of drug-likeness (QED) is 0.772. The van der Waals surface area contributed by atoms with Crippen LogP contribution in [-0.4, -0.2) is 49.5 Å². The van der Waals surface area contributed by atoms with Crippen molar-refractivity contribution in [3.8, 4) is 5.75 Å². The van der Waals surface area contributed by atoms with Crippen LogP contribution in [0.5, 0.6) is 5.75 Å². The summed E-state index contributed by atoms with van der Waals surface area (Å²) in [6, 6.07) is 7.52. The molecule has 2 rings (SSSR count). The lowest BCUT2D eigenvalue weighted by atomic mass is 9.90. The molecule has 1 aliphatic heterocycles. The summed E-state index contributed by atoms with van der Waals surface area (Å²) < 4.78 is 5.42. The average Bonchev–Trinajstić information content (AvgIpc) is 2.66. The van der Waals surface area contributed by atoms with Crippen LogP contribution in [-0.2, 0) is 16.0 Å². The number of hydrogen-bond donors (Lipinski definition) is 2. The van der Waals surface area contributed by atoms with Crippen LogP contribution in [0.25, 0.3) is 0 Å². The maximum atomic E-state index is 12.3. The van der Waals surface area contributed by atoms with Crippen LogP contribution >= 0.6 is 0 Å². The van der Waals surface area contributed by atoms with Gasteiger partial charge >= 0.3 is 0 Å². The molecule has 6 nitrogen and oxygen atoms in total. The van der Waals surface area contributed by atoms with E-state index in [1.54, 1.807) is 7.11 Å². The zero-order valence-corrected chi connectivity index (χ0v) is 16.0. The number of likely N-dealkylation sites (tertiary alicyclic amines) is 1. The number of nitrogens with one attached hydrogen (secondary N) is 1. The number of para-hydroxylation sites is 1. The lowest BCUT2D eigenvalue weighted by Crippen LogP contribution is -2.49. The molecule has 144 valence electrons. The van der Waals surface area contributed by atoms with E-state index in [1.807, 2.05) is 36.9 Å². The number of nitrogens with zero attached hydrogens (tertiary/aromatic N) is 1. The Balaban J connectivity index is 1.77. The lowest BCUT2D eigenvalue weighted by molar-refractivity contribution is -0.134. The third-order valence-corrected chi connectivity index (χ3v) is 5.10. The molecule has 0 unspecified atom stereocenters. The lowest BCUT2D eigenvalue weighted by Gasteiger charge is -2.32. The van der Waals surface area contributed by atoms with Crippen molar-refractivity contribution in [3.63, 3.8) is 0 Å². The van der Waals surface area contributed by atoms with Crippen molar-refractivity contribution in [2.24, 2.45) is 17.6 Å². The van der Waals surface area contributed by atoms with Gasteiger partial charge in [0.25, 0.3) is 0 Å². The normalized spacial score (nSPS) is 16.4. The van der Waals surface area contributed by atoms with E-state index in [4.69, 9.17) is 10.5 Å². The van der Waals surface area contributed by atoms with E-state index in [1.165, 1.54) is 5.56 Å². The molecule has 26 heavy (non-hydrogen) atoms. The number of piperidine rings is 1. The molecular weight excluding hydrogens is 330 g/mol. The zero-order valence-electron chi connectivity index (χ0n) is 16.0. The number of ether oxygens (including phenoxy) is 1. The van der Waals surface area contributed by atoms with Crippen LogP contribution in [0.3, 0.4) is 0 Å². The minimum Gasteiger partial charge on any atom is -0.496 e. The molecule has 2 amide bonds. The highest BCUT2D eigenvalue weighted by atomic mass is 16.5. The van der Waals surface area contributed by atoms with Crippen molar-refractivity contribution < 1.29 is 14.3 Å². The molecule has 0 radical (unpaired) electrons. The van der Waals surface area contributed by atoms with E-state index >= 15 is 0 Å². The Labute approximate surface area is 156 Å². The Morgan fingerprint density at radius 2 is 1.92 bits per heavy atom. The molecular formula is C20H31N3O3. The van der Waals surface area contributed by atoms with Gasteiger partial charge in [-0.3, -0.25) is 9.59 Å². The number of rotatable bonds is 7. The van der Waals surface area contributed by atoms with Gasteiger partial charge < -0.3 is 20.7 Å². The molecule has 0 aliphatic carbocycles. The number of benzene rings is 1. The SMILES string of the molecule is COc1ccccc1CC1CCN(C(=O)CNC(=O)[C@@H](N)C(C)C)CC1. The second kappa shape index (κ2) is 9.57. The smallest absolute Gasteiger partial charge is 0.241 e. The highest BCUT2D eigenvalue weighted by molar-refractivity contribution is 5.87. The third kappa shape index (κ3) is 5.46. The summed E-state index contributed by atoms with van der Waals surface area (Å²) in [6.45, 7) is 5.25. The van der Waals surface area contributed by atoms with Crippen LogP contribution < -0.4 is 15.8 Å². The molecule has 1 fully saturated rings. The van der Waals surface area contributed by atoms with E-state index in [-0.39, 0.29) is 24.3 Å². The largest absolute Gasteiger partial charge is 0.496 e. The van der Waals surface area contributed by atoms with Gasteiger partial charge in [-0.2, -0.15) is 0 Å². The minimum absolute atomic E-state index is 0.0242. The maximum absolute atomic E-state index is 12.3. The zero-order chi connectivity index (χ0) is 19.1. The Morgan fingerprint density at radius 1 is 1.27 bits per heavy atom. The van der Waals surface area contributed by atoms with Crippen LogP contribution in [0.2, 0.25) is 0 Å². The summed E-state index contributed by atoms with van der Waals surface area (Å²) >= 11 is 0. The first-order valence-corrected chi connectivity index (χ1v) is 9.35. The molecule has 1 aromatic rings. The summed E-state index contributed by atoms with van der Waals surface area (Å²) in [4.78, 5) is 26.0. The second-order valence-electron chi connectivity index (χ2n) is 7.33. The Hall–Kier alpha value is -2.08. The second-order valence-corrected chi connectivity index (χ2v) is 7.33. The van der Waals surface area contributed by atoms with Crippen LogP contribution in [0.1, 0.15) is 32.3 Å². The van der Waals surface area contributed by atoms with E-state index in [0.29, 0.717) is 5.92 Å². The molecule has 0 aromatic heterocycles. The Bertz CT molecular complexity index is 610. The van der Waals surface area contributed by atoms with Gasteiger partial charge in [0, 0.05) is 13.1 Å². The summed E-state index contributed by atoms with van der Waals surface area (Å²) in [5.74, 6) is 1.22. The van der Waals surface area contributed by atoms with Crippen LogP contribution in [0.15, 0.2) is 24.3 Å². The molecule has 1 aromatic carbocycles. The fraction of sp³-hybridized carbons (Fsp3) is 0.600. The molecule has 0 spiro atoms. The van der Waals surface area contributed by atoms with Gasteiger partial charge in [-0.25, -0.2) is 0 Å². The van der Waals surface area contributed by atoms with Gasteiger partial charge in [0.1, 0.15) is 5.75 Å². The topological polar surface area (TPSA) is 84.7 Å². The van der Waals surface area contributed by atoms with Crippen molar-refractivity contribution in [2.45, 2.75) is 39.2 Å². The fourth-order valence-electron chi connectivity index (χ4n) is 3.26. The molecule has 6 heteroatoms. The van der Waals surface area contributed by atoms with E-state index < -0.39 is 6.04 Å². The number of hydrogen-bond acceptors (Lipinski definition) is 4. The predicted octanol–water partition coefficient (Wildman–Crippen LogP) is 1.58. The molecule has 0 saturated carbocycles. The van der Waals surface area contributed by atoms with Crippen molar-refractivity contribution in [2.75, 3.05) is 26.7 Å². The first-order valence-electron chi connectivity index (χ1n) is 9.35. The fourth-order valence-corrected chi connectivity index (χ4v) is 3.26. The van der Waals surface area contributed by atoms with Gasteiger partial charge in [0.15, 0.2) is 0 Å². The van der Waals surface area contributed by atoms with Gasteiger partial charge in [0.2, 0.25) is 11.8 Å². The monoisotopic (exact) mass is 361 g/mol. The number of carbonyl (C=O) groups excluding carboxylic acids is 2. The number of methoxy groups -OCH3 is 1. The molecule has 1 heterocycles. The molecule has 1 aliphatic rings. The number of amides is 2. The molecule has 1 saturated heterocycles. The first kappa shape index (κ1) is 20.2. The Morgan fingerprint density at radius 3 is 2.54 bits per heavy atom. The van der Waals surface area contributed by atoms with Crippen molar-refractivity contribution in [3.05, 3.63) is 29.8 Å². The summed E-state index contributed by atoms with van der Waals surface area (Å²) in [5.41, 5.74) is 7.01. The predicted molar refractivity (Wildman–Crippen MR) is 102 cm³/mol. The molecule has 3 N–H and O–H groups in total. The summed E-state index contributed by atoms with van der Waals surface area (Å²) in [6.07, 6.45) is 2.89.